The number of para-hydroxylation sites is 1. The van der Waals surface area contributed by atoms with Gasteiger partial charge in [0.2, 0.25) is 0 Å². The number of likely N-dealkylation sites (tertiary alicyclic amines) is 1. The highest BCUT2D eigenvalue weighted by molar-refractivity contribution is 6.04. The summed E-state index contributed by atoms with van der Waals surface area (Å²) >= 11 is 0. The Morgan fingerprint density at radius 2 is 1.73 bits per heavy atom. The number of amides is 1. The van der Waals surface area contributed by atoms with Crippen LogP contribution in [0, 0.1) is 11.8 Å². The van der Waals surface area contributed by atoms with Crippen LogP contribution < -0.4 is 5.63 Å². The first kappa shape index (κ1) is 21.6. The fraction of sp³-hybridized carbons (Fsp3) is 0.370. The van der Waals surface area contributed by atoms with Gasteiger partial charge in [0.25, 0.3) is 5.91 Å². The lowest BCUT2D eigenvalue weighted by molar-refractivity contribution is -0.134. The Hall–Kier alpha value is -3.25. The second kappa shape index (κ2) is 8.94. The zero-order valence-corrected chi connectivity index (χ0v) is 19.1. The molecule has 0 saturated carbocycles. The van der Waals surface area contributed by atoms with Crippen molar-refractivity contribution in [1.29, 1.82) is 0 Å². The second-order valence-electron chi connectivity index (χ2n) is 9.54. The Morgan fingerprint density at radius 1 is 1.03 bits per heavy atom. The van der Waals surface area contributed by atoms with Crippen LogP contribution >= 0.6 is 0 Å². The third-order valence-electron chi connectivity index (χ3n) is 6.61. The number of nitrogens with zero attached hydrogens (tertiary/aromatic N) is 3. The zero-order valence-electron chi connectivity index (χ0n) is 19.1. The number of hydrazone groups is 1. The van der Waals surface area contributed by atoms with Crippen molar-refractivity contribution in [2.45, 2.75) is 32.7 Å². The maximum Gasteiger partial charge on any atom is 0.345 e. The van der Waals surface area contributed by atoms with Gasteiger partial charge in [-0.1, -0.05) is 62.4 Å². The van der Waals surface area contributed by atoms with Crippen LogP contribution in [0.4, 0.5) is 0 Å². The fourth-order valence-corrected chi connectivity index (χ4v) is 5.29. The van der Waals surface area contributed by atoms with Gasteiger partial charge < -0.3 is 4.42 Å². The van der Waals surface area contributed by atoms with Crippen molar-refractivity contribution in [3.05, 3.63) is 82.2 Å². The molecule has 3 heterocycles. The molecule has 5 rings (SSSR count). The summed E-state index contributed by atoms with van der Waals surface area (Å²) in [6.45, 7) is 6.66. The van der Waals surface area contributed by atoms with E-state index in [2.05, 4.69) is 18.7 Å². The molecule has 0 radical (unpaired) electrons. The predicted molar refractivity (Wildman–Crippen MR) is 129 cm³/mol. The molecule has 33 heavy (non-hydrogen) atoms. The third kappa shape index (κ3) is 4.48. The molecular formula is C27H29N3O3. The number of rotatable bonds is 4. The zero-order chi connectivity index (χ0) is 22.9. The standard InChI is InChI=1S/C27H29N3O3/c1-18-12-19(2)16-29(15-18)17-26(31)30-24(20-8-4-3-5-9-20)14-23(28-30)22-13-21-10-6-7-11-25(21)33-27(22)32/h3-11,13,18-19,24H,12,14-17H2,1-2H3. The normalized spacial score (nSPS) is 23.6. The van der Waals surface area contributed by atoms with Crippen molar-refractivity contribution in [3.8, 4) is 0 Å². The van der Waals surface area contributed by atoms with Crippen molar-refractivity contribution in [1.82, 2.24) is 9.91 Å². The molecule has 3 atom stereocenters. The van der Waals surface area contributed by atoms with E-state index in [0.29, 0.717) is 41.7 Å². The summed E-state index contributed by atoms with van der Waals surface area (Å²) in [5, 5.41) is 7.13. The van der Waals surface area contributed by atoms with Crippen molar-refractivity contribution in [2.24, 2.45) is 16.9 Å². The van der Waals surface area contributed by atoms with Crippen molar-refractivity contribution in [2.75, 3.05) is 19.6 Å². The molecule has 6 heteroatoms. The molecule has 1 fully saturated rings. The van der Waals surface area contributed by atoms with Gasteiger partial charge >= 0.3 is 5.63 Å². The molecule has 0 bridgehead atoms. The molecule has 1 amide bonds. The van der Waals surface area contributed by atoms with Crippen LogP contribution in [-0.2, 0) is 4.79 Å². The number of carbonyl (C=O) groups is 1. The minimum Gasteiger partial charge on any atom is -0.422 e. The van der Waals surface area contributed by atoms with E-state index >= 15 is 0 Å². The first-order chi connectivity index (χ1) is 16.0. The summed E-state index contributed by atoms with van der Waals surface area (Å²) in [5.74, 6) is 1.11. The topological polar surface area (TPSA) is 66.1 Å². The number of hydrogen-bond acceptors (Lipinski definition) is 5. The van der Waals surface area contributed by atoms with Gasteiger partial charge in [-0.2, -0.15) is 5.10 Å². The van der Waals surface area contributed by atoms with Crippen LogP contribution in [0.1, 0.15) is 43.9 Å². The highest BCUT2D eigenvalue weighted by Crippen LogP contribution is 2.33. The molecule has 2 aromatic carbocycles. The van der Waals surface area contributed by atoms with Crippen molar-refractivity contribution < 1.29 is 9.21 Å². The van der Waals surface area contributed by atoms with E-state index in [1.807, 2.05) is 54.6 Å². The number of benzene rings is 2. The fourth-order valence-electron chi connectivity index (χ4n) is 5.29. The number of piperidine rings is 1. The van der Waals surface area contributed by atoms with Gasteiger partial charge in [0.1, 0.15) is 5.58 Å². The number of carbonyl (C=O) groups excluding carboxylic acids is 1. The van der Waals surface area contributed by atoms with Gasteiger partial charge in [0.05, 0.1) is 23.9 Å². The molecule has 1 saturated heterocycles. The largest absolute Gasteiger partial charge is 0.422 e. The van der Waals surface area contributed by atoms with E-state index < -0.39 is 5.63 Å². The first-order valence-electron chi connectivity index (χ1n) is 11.7. The van der Waals surface area contributed by atoms with Gasteiger partial charge in [-0.25, -0.2) is 9.80 Å². The average molecular weight is 444 g/mol. The van der Waals surface area contributed by atoms with Gasteiger partial charge in [-0.15, -0.1) is 0 Å². The van der Waals surface area contributed by atoms with Crippen molar-refractivity contribution >= 4 is 22.6 Å². The Bertz CT molecular complexity index is 1240. The summed E-state index contributed by atoms with van der Waals surface area (Å²) in [4.78, 5) is 28.5. The second-order valence-corrected chi connectivity index (χ2v) is 9.54. The van der Waals surface area contributed by atoms with Gasteiger partial charge in [0.15, 0.2) is 0 Å². The minimum atomic E-state index is -0.424. The molecule has 170 valence electrons. The molecular weight excluding hydrogens is 414 g/mol. The lowest BCUT2D eigenvalue weighted by Crippen LogP contribution is -2.44. The van der Waals surface area contributed by atoms with E-state index in [-0.39, 0.29) is 11.9 Å². The number of hydrogen-bond donors (Lipinski definition) is 0. The van der Waals surface area contributed by atoms with E-state index in [1.54, 1.807) is 11.1 Å². The van der Waals surface area contributed by atoms with E-state index in [1.165, 1.54) is 6.42 Å². The summed E-state index contributed by atoms with van der Waals surface area (Å²) < 4.78 is 5.54. The smallest absolute Gasteiger partial charge is 0.345 e. The van der Waals surface area contributed by atoms with E-state index in [0.717, 1.165) is 24.0 Å². The minimum absolute atomic E-state index is 0.0367. The van der Waals surface area contributed by atoms with Crippen LogP contribution in [0.5, 0.6) is 0 Å². The molecule has 0 aliphatic carbocycles. The molecule has 0 N–H and O–H groups in total. The maximum absolute atomic E-state index is 13.5. The summed E-state index contributed by atoms with van der Waals surface area (Å²) in [7, 11) is 0. The highest BCUT2D eigenvalue weighted by Gasteiger charge is 2.35. The van der Waals surface area contributed by atoms with Crippen molar-refractivity contribution in [3.63, 3.8) is 0 Å². The van der Waals surface area contributed by atoms with E-state index in [9.17, 15) is 9.59 Å². The predicted octanol–water partition coefficient (Wildman–Crippen LogP) is 4.45. The van der Waals surface area contributed by atoms with Gasteiger partial charge in [-0.3, -0.25) is 9.69 Å². The van der Waals surface area contributed by atoms with Crippen LogP contribution in [0.3, 0.4) is 0 Å². The van der Waals surface area contributed by atoms with Gasteiger partial charge in [-0.05, 0) is 36.0 Å². The van der Waals surface area contributed by atoms with Gasteiger partial charge in [0, 0.05) is 24.9 Å². The van der Waals surface area contributed by atoms with Crippen LogP contribution in [0.2, 0.25) is 0 Å². The molecule has 6 nitrogen and oxygen atoms in total. The molecule has 2 aliphatic heterocycles. The summed E-state index contributed by atoms with van der Waals surface area (Å²) in [6, 6.07) is 18.9. The quantitative estimate of drug-likeness (QED) is 0.559. The maximum atomic E-state index is 13.5. The van der Waals surface area contributed by atoms with Crippen LogP contribution in [0.25, 0.3) is 11.0 Å². The van der Waals surface area contributed by atoms with E-state index in [4.69, 9.17) is 9.52 Å². The Morgan fingerprint density at radius 3 is 2.48 bits per heavy atom. The molecule has 1 aromatic heterocycles. The molecule has 2 aliphatic rings. The Kier molecular flexibility index (Phi) is 5.85. The number of fused-ring (bicyclic) bond motifs is 1. The monoisotopic (exact) mass is 443 g/mol. The Balaban J connectivity index is 1.47. The summed E-state index contributed by atoms with van der Waals surface area (Å²) in [6.07, 6.45) is 1.67. The summed E-state index contributed by atoms with van der Waals surface area (Å²) in [5.41, 5.74) is 2.15. The highest BCUT2D eigenvalue weighted by atomic mass is 16.4. The Labute approximate surface area is 193 Å². The average Bonchev–Trinajstić information content (AvgIpc) is 3.24. The molecule has 3 unspecified atom stereocenters. The lowest BCUT2D eigenvalue weighted by atomic mass is 9.92. The van der Waals surface area contributed by atoms with Crippen LogP contribution in [0.15, 0.2) is 75.0 Å². The SMILES string of the molecule is CC1CC(C)CN(CC(=O)N2N=C(c3cc4ccccc4oc3=O)CC2c2ccccc2)C1. The van der Waals surface area contributed by atoms with Crippen LogP contribution in [-0.4, -0.2) is 41.2 Å². The third-order valence-corrected chi connectivity index (χ3v) is 6.61. The lowest BCUT2D eigenvalue weighted by Gasteiger charge is -2.35. The molecule has 0 spiro atoms. The first-order valence-corrected chi connectivity index (χ1v) is 11.7. The molecule has 3 aromatic rings.